The van der Waals surface area contributed by atoms with Crippen molar-refractivity contribution in [3.63, 3.8) is 0 Å². The van der Waals surface area contributed by atoms with Gasteiger partial charge in [-0.3, -0.25) is 0 Å². The molecule has 0 spiro atoms. The number of nitrogens with one attached hydrogen (secondary N) is 3. The summed E-state index contributed by atoms with van der Waals surface area (Å²) in [6.45, 7) is 6.47. The van der Waals surface area contributed by atoms with Crippen molar-refractivity contribution in [1.82, 2.24) is 14.7 Å². The second-order valence-corrected chi connectivity index (χ2v) is 9.67. The van der Waals surface area contributed by atoms with Crippen LogP contribution in [0.25, 0.3) is 0 Å². The molecule has 4 N–H and O–H groups in total. The number of rotatable bonds is 11. The number of aromatic nitrogens is 2. The van der Waals surface area contributed by atoms with Crippen LogP contribution in [-0.4, -0.2) is 42.7 Å². The van der Waals surface area contributed by atoms with Crippen LogP contribution in [0.3, 0.4) is 0 Å². The summed E-state index contributed by atoms with van der Waals surface area (Å²) in [5.41, 5.74) is 0.661. The maximum Gasteiger partial charge on any atom is 0.240 e. The van der Waals surface area contributed by atoms with Gasteiger partial charge in [0.15, 0.2) is 0 Å². The largest absolute Gasteiger partial charge is 0.394 e. The third kappa shape index (κ3) is 7.22. The molecule has 0 saturated carbocycles. The molecule has 0 aliphatic rings. The predicted octanol–water partition coefficient (Wildman–Crippen LogP) is 3.49. The molecule has 1 heterocycles. The zero-order valence-electron chi connectivity index (χ0n) is 16.8. The molecule has 0 aliphatic carbocycles. The van der Waals surface area contributed by atoms with E-state index in [0.717, 1.165) is 12.8 Å². The summed E-state index contributed by atoms with van der Waals surface area (Å²) < 4.78 is 28.0. The van der Waals surface area contributed by atoms with Gasteiger partial charge in [0.05, 0.1) is 22.0 Å². The highest BCUT2D eigenvalue weighted by atomic mass is 79.9. The lowest BCUT2D eigenvalue weighted by atomic mass is 10.1. The molecule has 0 saturated heterocycles. The fraction of sp³-hybridized carbons (Fsp3) is 0.474. The van der Waals surface area contributed by atoms with Crippen LogP contribution in [0.15, 0.2) is 39.8 Å². The molecule has 2 aromatic rings. The zero-order valence-corrected chi connectivity index (χ0v) is 19.2. The quantitative estimate of drug-likeness (QED) is 0.384. The Labute approximate surface area is 180 Å². The molecule has 8 nitrogen and oxygen atoms in total. The Kier molecular flexibility index (Phi) is 8.81. The Morgan fingerprint density at radius 2 is 1.90 bits per heavy atom. The van der Waals surface area contributed by atoms with E-state index in [9.17, 15) is 13.5 Å². The van der Waals surface area contributed by atoms with Gasteiger partial charge in [-0.1, -0.05) is 20.8 Å². The maximum atomic E-state index is 12.3. The Morgan fingerprint density at radius 3 is 2.48 bits per heavy atom. The van der Waals surface area contributed by atoms with Gasteiger partial charge in [-0.25, -0.2) is 18.1 Å². The molecule has 1 aromatic carbocycles. The Balaban J connectivity index is 2.08. The number of sulfonamides is 1. The van der Waals surface area contributed by atoms with Crippen molar-refractivity contribution in [3.8, 4) is 0 Å². The minimum atomic E-state index is -3.53. The van der Waals surface area contributed by atoms with Gasteiger partial charge in [0.1, 0.15) is 5.82 Å². The van der Waals surface area contributed by atoms with Crippen LogP contribution in [0.5, 0.6) is 0 Å². The van der Waals surface area contributed by atoms with Crippen LogP contribution in [0, 0.1) is 5.92 Å². The van der Waals surface area contributed by atoms with Crippen LogP contribution < -0.4 is 15.4 Å². The number of aliphatic hydroxyl groups is 1. The van der Waals surface area contributed by atoms with Crippen LogP contribution in [0.4, 0.5) is 17.5 Å². The molecule has 29 heavy (non-hydrogen) atoms. The first kappa shape index (κ1) is 23.5. The van der Waals surface area contributed by atoms with Crippen molar-refractivity contribution in [2.24, 2.45) is 5.92 Å². The molecular weight excluding hydrogens is 458 g/mol. The van der Waals surface area contributed by atoms with Gasteiger partial charge in [0, 0.05) is 18.4 Å². The van der Waals surface area contributed by atoms with Crippen molar-refractivity contribution >= 4 is 43.4 Å². The lowest BCUT2D eigenvalue weighted by Gasteiger charge is -2.16. The van der Waals surface area contributed by atoms with Crippen LogP contribution in [-0.2, 0) is 10.0 Å². The maximum absolute atomic E-state index is 12.3. The molecular formula is C19H28BrN5O3S. The van der Waals surface area contributed by atoms with Gasteiger partial charge in [0.25, 0.3) is 0 Å². The average molecular weight is 486 g/mol. The standard InChI is InChI=1S/C19H28BrN5O3S/c1-4-14(12-26)23-18-17(20)11-21-19(25-18)24-15-5-7-16(8-6-15)29(27,28)22-10-9-13(2)3/h5-8,11,13-14,22,26H,4,9-10,12H2,1-3H3,(H2,21,23,24,25)/t14-/m1/s1. The van der Waals surface area contributed by atoms with E-state index in [2.05, 4.69) is 41.3 Å². The lowest BCUT2D eigenvalue weighted by molar-refractivity contribution is 0.271. The summed E-state index contributed by atoms with van der Waals surface area (Å²) in [5, 5.41) is 15.6. The fourth-order valence-electron chi connectivity index (χ4n) is 2.41. The minimum absolute atomic E-state index is 0.00313. The Morgan fingerprint density at radius 1 is 1.21 bits per heavy atom. The highest BCUT2D eigenvalue weighted by Crippen LogP contribution is 2.23. The summed E-state index contributed by atoms with van der Waals surface area (Å²) in [6.07, 6.45) is 3.14. The van der Waals surface area contributed by atoms with Gasteiger partial charge in [0.2, 0.25) is 16.0 Å². The summed E-state index contributed by atoms with van der Waals surface area (Å²) in [6, 6.07) is 6.30. The summed E-state index contributed by atoms with van der Waals surface area (Å²) >= 11 is 3.39. The molecule has 1 atom stereocenters. The van der Waals surface area contributed by atoms with E-state index in [1.165, 1.54) is 12.1 Å². The molecule has 10 heteroatoms. The number of hydrogen-bond acceptors (Lipinski definition) is 7. The van der Waals surface area contributed by atoms with Gasteiger partial charge in [-0.2, -0.15) is 4.98 Å². The molecule has 160 valence electrons. The Bertz CT molecular complexity index is 887. The summed E-state index contributed by atoms with van der Waals surface area (Å²) in [7, 11) is -3.53. The van der Waals surface area contributed by atoms with Crippen molar-refractivity contribution in [3.05, 3.63) is 34.9 Å². The average Bonchev–Trinajstić information content (AvgIpc) is 2.68. The van der Waals surface area contributed by atoms with Crippen molar-refractivity contribution in [2.45, 2.75) is 44.6 Å². The molecule has 0 bridgehead atoms. The highest BCUT2D eigenvalue weighted by molar-refractivity contribution is 9.10. The summed E-state index contributed by atoms with van der Waals surface area (Å²) in [5.74, 6) is 1.35. The fourth-order valence-corrected chi connectivity index (χ4v) is 3.76. The molecule has 0 aliphatic heterocycles. The predicted molar refractivity (Wildman–Crippen MR) is 119 cm³/mol. The first-order valence-corrected chi connectivity index (χ1v) is 11.8. The van der Waals surface area contributed by atoms with E-state index < -0.39 is 10.0 Å². The molecule has 0 amide bonds. The smallest absolute Gasteiger partial charge is 0.240 e. The SMILES string of the molecule is CC[C@H](CO)Nc1nc(Nc2ccc(S(=O)(=O)NCCC(C)C)cc2)ncc1Br. The van der Waals surface area contributed by atoms with Crippen molar-refractivity contribution in [1.29, 1.82) is 0 Å². The van der Waals surface area contributed by atoms with E-state index >= 15 is 0 Å². The van der Waals surface area contributed by atoms with Crippen LogP contribution in [0.1, 0.15) is 33.6 Å². The second kappa shape index (κ2) is 10.9. The molecule has 2 rings (SSSR count). The molecule has 0 radical (unpaired) electrons. The zero-order chi connectivity index (χ0) is 21.4. The number of benzene rings is 1. The molecule has 0 unspecified atom stereocenters. The third-order valence-electron chi connectivity index (χ3n) is 4.23. The van der Waals surface area contributed by atoms with E-state index in [-0.39, 0.29) is 17.5 Å². The van der Waals surface area contributed by atoms with Crippen LogP contribution in [0.2, 0.25) is 0 Å². The monoisotopic (exact) mass is 485 g/mol. The van der Waals surface area contributed by atoms with Gasteiger partial charge < -0.3 is 15.7 Å². The topological polar surface area (TPSA) is 116 Å². The van der Waals surface area contributed by atoms with Crippen molar-refractivity contribution in [2.75, 3.05) is 23.8 Å². The van der Waals surface area contributed by atoms with E-state index in [1.54, 1.807) is 18.3 Å². The summed E-state index contributed by atoms with van der Waals surface area (Å²) in [4.78, 5) is 8.84. The van der Waals surface area contributed by atoms with Gasteiger partial charge >= 0.3 is 0 Å². The van der Waals surface area contributed by atoms with E-state index in [1.807, 2.05) is 20.8 Å². The number of aliphatic hydroxyl groups excluding tert-OH is 1. The van der Waals surface area contributed by atoms with Gasteiger partial charge in [-0.15, -0.1) is 0 Å². The number of hydrogen-bond donors (Lipinski definition) is 4. The second-order valence-electron chi connectivity index (χ2n) is 7.05. The number of anilines is 3. The van der Waals surface area contributed by atoms with Crippen LogP contribution >= 0.6 is 15.9 Å². The molecule has 1 aromatic heterocycles. The van der Waals surface area contributed by atoms with E-state index in [0.29, 0.717) is 34.4 Å². The first-order chi connectivity index (χ1) is 13.7. The Hall–Kier alpha value is -1.75. The lowest BCUT2D eigenvalue weighted by Crippen LogP contribution is -2.25. The molecule has 0 fully saturated rings. The number of nitrogens with zero attached hydrogens (tertiary/aromatic N) is 2. The first-order valence-electron chi connectivity index (χ1n) is 9.51. The highest BCUT2D eigenvalue weighted by Gasteiger charge is 2.14. The normalized spacial score (nSPS) is 12.8. The third-order valence-corrected chi connectivity index (χ3v) is 6.29. The van der Waals surface area contributed by atoms with Gasteiger partial charge in [-0.05, 0) is 59.0 Å². The van der Waals surface area contributed by atoms with E-state index in [4.69, 9.17) is 0 Å². The minimum Gasteiger partial charge on any atom is -0.394 e. The van der Waals surface area contributed by atoms with Crippen molar-refractivity contribution < 1.29 is 13.5 Å². The number of halogens is 1.